The zero-order chi connectivity index (χ0) is 24.9. The molecule has 1 unspecified atom stereocenters. The van der Waals surface area contributed by atoms with Crippen molar-refractivity contribution in [3.8, 4) is 22.9 Å². The molecule has 4 aromatic rings. The Morgan fingerprint density at radius 1 is 0.972 bits per heavy atom. The zero-order valence-electron chi connectivity index (χ0n) is 20.0. The predicted octanol–water partition coefficient (Wildman–Crippen LogP) is 4.65. The fraction of sp³-hybridized carbons (Fsp3) is 0.250. The Morgan fingerprint density at radius 3 is 2.36 bits per heavy atom. The van der Waals surface area contributed by atoms with Crippen molar-refractivity contribution < 1.29 is 18.3 Å². The first-order chi connectivity index (χ1) is 17.6. The summed E-state index contributed by atoms with van der Waals surface area (Å²) in [6.45, 7) is 5.18. The van der Waals surface area contributed by atoms with E-state index in [4.69, 9.17) is 9.15 Å². The molecule has 1 aromatic heterocycles. The Hall–Kier alpha value is -3.88. The second-order valence-electron chi connectivity index (χ2n) is 8.78. The number of aromatic nitrogens is 2. The van der Waals surface area contributed by atoms with E-state index in [2.05, 4.69) is 20.4 Å². The number of nitrogens with one attached hydrogen (secondary N) is 1. The largest absolute Gasteiger partial charge is 0.416 e. The van der Waals surface area contributed by atoms with Gasteiger partial charge in [-0.3, -0.25) is 9.69 Å². The average molecular weight is 487 g/mol. The summed E-state index contributed by atoms with van der Waals surface area (Å²) in [5.41, 5.74) is 4.18. The molecule has 1 aliphatic heterocycles. The standard InChI is InChI=1S/C28H27FN4O3/c1-19-3-2-4-23(17-19)28-32-31-27(36-28)22-7-5-21(6-8-22)26(34)30-18-25(33-13-15-35-16-14-33)20-9-11-24(29)12-10-20/h2-12,17,25H,13-16,18H2,1H3,(H,30,34). The van der Waals surface area contributed by atoms with E-state index in [0.717, 1.165) is 35.3 Å². The van der Waals surface area contributed by atoms with Gasteiger partial charge in [-0.15, -0.1) is 10.2 Å². The number of carbonyl (C=O) groups is 1. The van der Waals surface area contributed by atoms with E-state index >= 15 is 0 Å². The molecule has 1 amide bonds. The van der Waals surface area contributed by atoms with Gasteiger partial charge in [0.15, 0.2) is 0 Å². The van der Waals surface area contributed by atoms with Gasteiger partial charge in [-0.1, -0.05) is 29.8 Å². The van der Waals surface area contributed by atoms with Crippen LogP contribution in [0.4, 0.5) is 4.39 Å². The van der Waals surface area contributed by atoms with Gasteiger partial charge in [-0.05, 0) is 61.0 Å². The van der Waals surface area contributed by atoms with Crippen LogP contribution in [0.3, 0.4) is 0 Å². The van der Waals surface area contributed by atoms with Crippen molar-refractivity contribution in [1.82, 2.24) is 20.4 Å². The normalized spacial score (nSPS) is 14.9. The number of nitrogens with zero attached hydrogens (tertiary/aromatic N) is 3. The molecule has 0 aliphatic carbocycles. The lowest BCUT2D eigenvalue weighted by molar-refractivity contribution is 0.0162. The van der Waals surface area contributed by atoms with Crippen molar-refractivity contribution in [3.05, 3.63) is 95.3 Å². The van der Waals surface area contributed by atoms with E-state index in [9.17, 15) is 9.18 Å². The third-order valence-electron chi connectivity index (χ3n) is 6.28. The van der Waals surface area contributed by atoms with Gasteiger partial charge in [0.05, 0.1) is 19.3 Å². The first kappa shape index (κ1) is 23.8. The number of hydrogen-bond donors (Lipinski definition) is 1. The van der Waals surface area contributed by atoms with Crippen LogP contribution >= 0.6 is 0 Å². The Kier molecular flexibility index (Phi) is 7.16. The number of rotatable bonds is 7. The summed E-state index contributed by atoms with van der Waals surface area (Å²) in [5.74, 6) is 0.372. The summed E-state index contributed by atoms with van der Waals surface area (Å²) in [7, 11) is 0. The number of morpholine rings is 1. The van der Waals surface area contributed by atoms with E-state index in [1.807, 2.05) is 31.2 Å². The lowest BCUT2D eigenvalue weighted by Crippen LogP contribution is -2.43. The van der Waals surface area contributed by atoms with Gasteiger partial charge in [0.2, 0.25) is 11.8 Å². The highest BCUT2D eigenvalue weighted by molar-refractivity contribution is 5.94. The van der Waals surface area contributed by atoms with Gasteiger partial charge < -0.3 is 14.5 Å². The first-order valence-corrected chi connectivity index (χ1v) is 11.9. The number of benzene rings is 3. The molecule has 5 rings (SSSR count). The molecule has 1 N–H and O–H groups in total. The average Bonchev–Trinajstić information content (AvgIpc) is 3.41. The minimum atomic E-state index is -0.282. The second-order valence-corrected chi connectivity index (χ2v) is 8.78. The van der Waals surface area contributed by atoms with E-state index in [1.54, 1.807) is 36.4 Å². The van der Waals surface area contributed by atoms with Crippen LogP contribution in [0.5, 0.6) is 0 Å². The molecule has 36 heavy (non-hydrogen) atoms. The van der Waals surface area contributed by atoms with Crippen molar-refractivity contribution >= 4 is 5.91 Å². The summed E-state index contributed by atoms with van der Waals surface area (Å²) >= 11 is 0. The minimum Gasteiger partial charge on any atom is -0.416 e. The highest BCUT2D eigenvalue weighted by Gasteiger charge is 2.23. The molecule has 184 valence electrons. The van der Waals surface area contributed by atoms with E-state index in [0.29, 0.717) is 37.1 Å². The summed E-state index contributed by atoms with van der Waals surface area (Å²) in [5, 5.41) is 11.3. The lowest BCUT2D eigenvalue weighted by Gasteiger charge is -2.35. The summed E-state index contributed by atoms with van der Waals surface area (Å²) < 4.78 is 24.8. The molecule has 1 atom stereocenters. The van der Waals surface area contributed by atoms with E-state index < -0.39 is 0 Å². The number of amides is 1. The number of aryl methyl sites for hydroxylation is 1. The Bertz CT molecular complexity index is 1320. The Balaban J connectivity index is 1.26. The number of ether oxygens (including phenoxy) is 1. The van der Waals surface area contributed by atoms with Crippen molar-refractivity contribution in [2.24, 2.45) is 0 Å². The summed E-state index contributed by atoms with van der Waals surface area (Å²) in [4.78, 5) is 15.2. The summed E-state index contributed by atoms with van der Waals surface area (Å²) in [6.07, 6.45) is 0. The van der Waals surface area contributed by atoms with Crippen molar-refractivity contribution in [2.75, 3.05) is 32.8 Å². The highest BCUT2D eigenvalue weighted by Crippen LogP contribution is 2.25. The van der Waals surface area contributed by atoms with Gasteiger partial charge in [0.1, 0.15) is 5.82 Å². The van der Waals surface area contributed by atoms with Crippen molar-refractivity contribution in [1.29, 1.82) is 0 Å². The maximum atomic E-state index is 13.5. The molecule has 7 nitrogen and oxygen atoms in total. The molecule has 1 saturated heterocycles. The fourth-order valence-corrected chi connectivity index (χ4v) is 4.32. The third kappa shape index (κ3) is 5.50. The van der Waals surface area contributed by atoms with Crippen LogP contribution in [0, 0.1) is 12.7 Å². The van der Waals surface area contributed by atoms with Crippen LogP contribution in [0.15, 0.2) is 77.2 Å². The third-order valence-corrected chi connectivity index (χ3v) is 6.28. The van der Waals surface area contributed by atoms with Gasteiger partial charge in [0, 0.05) is 36.3 Å². The molecule has 2 heterocycles. The lowest BCUT2D eigenvalue weighted by atomic mass is 10.0. The quantitative estimate of drug-likeness (QED) is 0.410. The van der Waals surface area contributed by atoms with Crippen LogP contribution in [0.25, 0.3) is 22.9 Å². The Morgan fingerprint density at radius 2 is 1.67 bits per heavy atom. The maximum absolute atomic E-state index is 13.5. The topological polar surface area (TPSA) is 80.5 Å². The highest BCUT2D eigenvalue weighted by atomic mass is 19.1. The van der Waals surface area contributed by atoms with Crippen LogP contribution in [-0.2, 0) is 4.74 Å². The molecule has 8 heteroatoms. The van der Waals surface area contributed by atoms with E-state index in [-0.39, 0.29) is 17.8 Å². The van der Waals surface area contributed by atoms with Crippen molar-refractivity contribution in [3.63, 3.8) is 0 Å². The molecule has 3 aromatic carbocycles. The van der Waals surface area contributed by atoms with Crippen LogP contribution in [0.2, 0.25) is 0 Å². The monoisotopic (exact) mass is 486 g/mol. The molecule has 0 radical (unpaired) electrons. The molecular formula is C28H27FN4O3. The van der Waals surface area contributed by atoms with Crippen molar-refractivity contribution in [2.45, 2.75) is 13.0 Å². The first-order valence-electron chi connectivity index (χ1n) is 11.9. The van der Waals surface area contributed by atoms with Crippen LogP contribution < -0.4 is 5.32 Å². The van der Waals surface area contributed by atoms with Crippen LogP contribution in [-0.4, -0.2) is 53.9 Å². The van der Waals surface area contributed by atoms with E-state index in [1.165, 1.54) is 12.1 Å². The molecule has 1 fully saturated rings. The number of carbonyl (C=O) groups excluding carboxylic acids is 1. The maximum Gasteiger partial charge on any atom is 0.251 e. The van der Waals surface area contributed by atoms with Gasteiger partial charge >= 0.3 is 0 Å². The molecule has 0 bridgehead atoms. The zero-order valence-corrected chi connectivity index (χ0v) is 20.0. The predicted molar refractivity (Wildman–Crippen MR) is 134 cm³/mol. The van der Waals surface area contributed by atoms with Gasteiger partial charge in [-0.25, -0.2) is 4.39 Å². The molecular weight excluding hydrogens is 459 g/mol. The minimum absolute atomic E-state index is 0.0730. The number of hydrogen-bond acceptors (Lipinski definition) is 6. The molecule has 0 saturated carbocycles. The Labute approximate surface area is 208 Å². The van der Waals surface area contributed by atoms with Crippen LogP contribution in [0.1, 0.15) is 27.5 Å². The van der Waals surface area contributed by atoms with Gasteiger partial charge in [0.25, 0.3) is 5.91 Å². The van der Waals surface area contributed by atoms with Gasteiger partial charge in [-0.2, -0.15) is 0 Å². The fourth-order valence-electron chi connectivity index (χ4n) is 4.32. The SMILES string of the molecule is Cc1cccc(-c2nnc(-c3ccc(C(=O)NCC(c4ccc(F)cc4)N4CCOCC4)cc3)o2)c1. The molecule has 1 aliphatic rings. The summed E-state index contributed by atoms with van der Waals surface area (Å²) in [6, 6.07) is 21.3. The smallest absolute Gasteiger partial charge is 0.251 e. The molecule has 0 spiro atoms. The second kappa shape index (κ2) is 10.8. The number of halogens is 1.